The Kier molecular flexibility index (Phi) is 4.41. The molecule has 0 radical (unpaired) electrons. The molecule has 0 spiro atoms. The average Bonchev–Trinajstić information content (AvgIpc) is 3.28. The van der Waals surface area contributed by atoms with Crippen molar-refractivity contribution in [3.05, 3.63) is 35.6 Å². The van der Waals surface area contributed by atoms with Gasteiger partial charge < -0.3 is 14.2 Å². The van der Waals surface area contributed by atoms with Gasteiger partial charge in [0.25, 0.3) is 0 Å². The zero-order chi connectivity index (χ0) is 17.7. The lowest BCUT2D eigenvalue weighted by molar-refractivity contribution is -0.119. The summed E-state index contributed by atoms with van der Waals surface area (Å²) in [4.78, 5) is 0. The van der Waals surface area contributed by atoms with Crippen LogP contribution in [0.1, 0.15) is 52.0 Å². The number of rotatable bonds is 7. The molecule has 0 aromatic heterocycles. The highest BCUT2D eigenvalue weighted by Crippen LogP contribution is 2.56. The first-order chi connectivity index (χ1) is 11.9. The van der Waals surface area contributed by atoms with E-state index in [1.807, 2.05) is 6.07 Å². The maximum atomic E-state index is 13.9. The minimum absolute atomic E-state index is 0.0183. The van der Waals surface area contributed by atoms with E-state index in [9.17, 15) is 4.39 Å². The first-order valence-electron chi connectivity index (χ1n) is 9.60. The molecular weight excluding hydrogens is 319 g/mol. The van der Waals surface area contributed by atoms with Crippen molar-refractivity contribution in [1.82, 2.24) is 0 Å². The summed E-state index contributed by atoms with van der Waals surface area (Å²) in [5, 5.41) is 0. The largest absolute Gasteiger partial charge is 0.375 e. The van der Waals surface area contributed by atoms with Crippen LogP contribution >= 0.6 is 0 Å². The molecule has 2 aliphatic heterocycles. The molecule has 1 aromatic carbocycles. The van der Waals surface area contributed by atoms with E-state index in [1.165, 1.54) is 18.9 Å². The number of benzene rings is 1. The minimum Gasteiger partial charge on any atom is -0.375 e. The van der Waals surface area contributed by atoms with Crippen LogP contribution in [-0.2, 0) is 20.8 Å². The van der Waals surface area contributed by atoms with E-state index in [0.717, 1.165) is 25.4 Å². The Morgan fingerprint density at radius 1 is 1.16 bits per heavy atom. The fourth-order valence-corrected chi connectivity index (χ4v) is 4.46. The minimum atomic E-state index is -0.344. The highest BCUT2D eigenvalue weighted by atomic mass is 19.1. The molecule has 4 atom stereocenters. The summed E-state index contributed by atoms with van der Waals surface area (Å²) in [6.07, 6.45) is 4.41. The Morgan fingerprint density at radius 3 is 2.60 bits per heavy atom. The standard InChI is InChI=1S/C21H29FO3/c1-14(2)21-11-18(24-13-16-6-4-5-7-17(16)22)20(3,25-21)10-19(21)23-12-15-8-9-15/h4-7,14-15,18-19H,8-13H2,1-3H3/t18-,19+,20+,21-/m1/s1. The van der Waals surface area contributed by atoms with Crippen LogP contribution < -0.4 is 0 Å². The number of halogens is 1. The normalized spacial score (nSPS) is 37.2. The van der Waals surface area contributed by atoms with Gasteiger partial charge in [0.1, 0.15) is 11.4 Å². The van der Waals surface area contributed by atoms with Crippen molar-refractivity contribution in [2.45, 2.75) is 76.5 Å². The summed E-state index contributed by atoms with van der Waals surface area (Å²) in [5.74, 6) is 0.908. The summed E-state index contributed by atoms with van der Waals surface area (Å²) in [7, 11) is 0. The van der Waals surface area contributed by atoms with Gasteiger partial charge in [-0.05, 0) is 37.7 Å². The lowest BCUT2D eigenvalue weighted by Crippen LogP contribution is -2.49. The molecule has 0 N–H and O–H groups in total. The van der Waals surface area contributed by atoms with Crippen LogP contribution in [0.2, 0.25) is 0 Å². The first-order valence-corrected chi connectivity index (χ1v) is 9.60. The quantitative estimate of drug-likeness (QED) is 0.727. The first kappa shape index (κ1) is 17.4. The van der Waals surface area contributed by atoms with Gasteiger partial charge in [0, 0.05) is 25.0 Å². The Bertz CT molecular complexity index is 629. The molecule has 3 fully saturated rings. The predicted octanol–water partition coefficient (Wildman–Crippen LogP) is 4.48. The summed E-state index contributed by atoms with van der Waals surface area (Å²) in [6.45, 7) is 7.69. The van der Waals surface area contributed by atoms with E-state index in [1.54, 1.807) is 12.1 Å². The third-order valence-corrected chi connectivity index (χ3v) is 6.35. The Balaban J connectivity index is 1.45. The molecule has 1 saturated carbocycles. The van der Waals surface area contributed by atoms with Gasteiger partial charge in [-0.15, -0.1) is 0 Å². The molecule has 1 aromatic rings. The van der Waals surface area contributed by atoms with Crippen LogP contribution in [0.5, 0.6) is 0 Å². The zero-order valence-corrected chi connectivity index (χ0v) is 15.5. The average molecular weight is 348 g/mol. The third-order valence-electron chi connectivity index (χ3n) is 6.35. The van der Waals surface area contributed by atoms with Crippen LogP contribution in [0, 0.1) is 17.7 Å². The molecule has 3 aliphatic rings. The van der Waals surface area contributed by atoms with Gasteiger partial charge in [-0.1, -0.05) is 32.0 Å². The van der Waals surface area contributed by atoms with E-state index in [4.69, 9.17) is 14.2 Å². The number of hydrogen-bond donors (Lipinski definition) is 0. The van der Waals surface area contributed by atoms with Crippen molar-refractivity contribution in [3.63, 3.8) is 0 Å². The summed E-state index contributed by atoms with van der Waals surface area (Å²) in [6, 6.07) is 6.81. The number of ether oxygens (including phenoxy) is 3. The zero-order valence-electron chi connectivity index (χ0n) is 15.5. The highest BCUT2D eigenvalue weighted by Gasteiger charge is 2.66. The Hall–Kier alpha value is -0.970. The lowest BCUT2D eigenvalue weighted by atomic mass is 9.73. The van der Waals surface area contributed by atoms with E-state index >= 15 is 0 Å². The van der Waals surface area contributed by atoms with E-state index < -0.39 is 0 Å². The van der Waals surface area contributed by atoms with Crippen LogP contribution in [-0.4, -0.2) is 30.0 Å². The fraction of sp³-hybridized carbons (Fsp3) is 0.714. The molecule has 0 unspecified atom stereocenters. The second-order valence-corrected chi connectivity index (χ2v) is 8.59. The van der Waals surface area contributed by atoms with Gasteiger partial charge in [0.2, 0.25) is 0 Å². The molecule has 2 bridgehead atoms. The molecule has 0 amide bonds. The van der Waals surface area contributed by atoms with Crippen molar-refractivity contribution < 1.29 is 18.6 Å². The molecule has 138 valence electrons. The van der Waals surface area contributed by atoms with Gasteiger partial charge in [-0.2, -0.15) is 0 Å². The van der Waals surface area contributed by atoms with E-state index in [0.29, 0.717) is 11.5 Å². The van der Waals surface area contributed by atoms with Crippen LogP contribution in [0.25, 0.3) is 0 Å². The molecule has 25 heavy (non-hydrogen) atoms. The molecule has 2 saturated heterocycles. The monoisotopic (exact) mass is 348 g/mol. The molecule has 2 heterocycles. The van der Waals surface area contributed by atoms with E-state index in [2.05, 4.69) is 20.8 Å². The second-order valence-electron chi connectivity index (χ2n) is 8.59. The van der Waals surface area contributed by atoms with Gasteiger partial charge in [0.15, 0.2) is 0 Å². The third kappa shape index (κ3) is 3.13. The molecule has 4 rings (SSSR count). The highest BCUT2D eigenvalue weighted by molar-refractivity contribution is 5.18. The summed E-state index contributed by atoms with van der Waals surface area (Å²) in [5.41, 5.74) is -0.0122. The Labute approximate surface area is 149 Å². The second kappa shape index (κ2) is 6.33. The van der Waals surface area contributed by atoms with E-state index in [-0.39, 0.29) is 35.8 Å². The van der Waals surface area contributed by atoms with Gasteiger partial charge in [-0.3, -0.25) is 0 Å². The lowest BCUT2D eigenvalue weighted by Gasteiger charge is -2.38. The van der Waals surface area contributed by atoms with Crippen LogP contribution in [0.4, 0.5) is 4.39 Å². The fourth-order valence-electron chi connectivity index (χ4n) is 4.46. The summed E-state index contributed by atoms with van der Waals surface area (Å²) < 4.78 is 32.9. The SMILES string of the molecule is CC(C)[C@]12C[C@@H](OCc3ccccc3F)[C@](C)(C[C@@H]1OCC1CC1)O2. The predicted molar refractivity (Wildman–Crippen MR) is 93.7 cm³/mol. The number of fused-ring (bicyclic) bond motifs is 2. The van der Waals surface area contributed by atoms with Gasteiger partial charge in [-0.25, -0.2) is 4.39 Å². The van der Waals surface area contributed by atoms with Crippen molar-refractivity contribution in [3.8, 4) is 0 Å². The van der Waals surface area contributed by atoms with Crippen LogP contribution in [0.3, 0.4) is 0 Å². The Morgan fingerprint density at radius 2 is 1.92 bits per heavy atom. The van der Waals surface area contributed by atoms with Crippen molar-refractivity contribution in [1.29, 1.82) is 0 Å². The van der Waals surface area contributed by atoms with Crippen molar-refractivity contribution in [2.75, 3.05) is 6.61 Å². The van der Waals surface area contributed by atoms with Gasteiger partial charge >= 0.3 is 0 Å². The topological polar surface area (TPSA) is 27.7 Å². The molecular formula is C21H29FO3. The molecule has 4 heteroatoms. The molecule has 3 nitrogen and oxygen atoms in total. The smallest absolute Gasteiger partial charge is 0.128 e. The number of hydrogen-bond acceptors (Lipinski definition) is 3. The summed E-state index contributed by atoms with van der Waals surface area (Å²) >= 11 is 0. The maximum Gasteiger partial charge on any atom is 0.128 e. The van der Waals surface area contributed by atoms with Crippen LogP contribution in [0.15, 0.2) is 24.3 Å². The van der Waals surface area contributed by atoms with Crippen molar-refractivity contribution >= 4 is 0 Å². The van der Waals surface area contributed by atoms with Gasteiger partial charge in [0.05, 0.1) is 24.4 Å². The molecule has 1 aliphatic carbocycles. The van der Waals surface area contributed by atoms with Crippen molar-refractivity contribution in [2.24, 2.45) is 11.8 Å². The maximum absolute atomic E-state index is 13.9.